The molecule has 8 heteroatoms. The van der Waals surface area contributed by atoms with Gasteiger partial charge in [0.15, 0.2) is 12.4 Å². The van der Waals surface area contributed by atoms with Crippen LogP contribution in [0.15, 0.2) is 6.07 Å². The molecule has 1 aromatic heterocycles. The molecule has 0 aliphatic carbocycles. The number of thiophene rings is 1. The second-order valence-corrected chi connectivity index (χ2v) is 7.07. The lowest BCUT2D eigenvalue weighted by Gasteiger charge is -2.20. The molecule has 0 saturated carbocycles. The van der Waals surface area contributed by atoms with Crippen LogP contribution in [0.1, 0.15) is 45.8 Å². The fraction of sp³-hybridized carbons (Fsp3) is 0.500. The molecule has 0 fully saturated rings. The van der Waals surface area contributed by atoms with Crippen molar-refractivity contribution in [3.8, 4) is 12.1 Å². The van der Waals surface area contributed by atoms with Gasteiger partial charge in [0.2, 0.25) is 0 Å². The maximum Gasteiger partial charge on any atom is 0.306 e. The maximum absolute atomic E-state index is 12.1. The van der Waals surface area contributed by atoms with Crippen molar-refractivity contribution in [2.45, 2.75) is 39.5 Å². The number of rotatable bonds is 10. The molecule has 0 atom stereocenters. The number of hydrogen-bond acceptors (Lipinski definition) is 7. The molecule has 1 heterocycles. The molecule has 1 aromatic rings. The Bertz CT molecular complexity index is 725. The number of hydrogen-bond donors (Lipinski definition) is 0. The van der Waals surface area contributed by atoms with Gasteiger partial charge in [-0.05, 0) is 19.9 Å². The first-order valence-corrected chi connectivity index (χ1v) is 8.98. The van der Waals surface area contributed by atoms with Gasteiger partial charge in [0, 0.05) is 34.8 Å². The third-order valence-electron chi connectivity index (χ3n) is 3.59. The average molecular weight is 375 g/mol. The SMILES string of the molecule is Cc1cc(C(=O)CCC(=O)OCC(=O)N(CCC#N)CCC#N)c(C)s1. The second-order valence-electron chi connectivity index (χ2n) is 5.61. The number of ketones is 1. The zero-order valence-corrected chi connectivity index (χ0v) is 15.7. The molecule has 0 aliphatic heterocycles. The van der Waals surface area contributed by atoms with Crippen molar-refractivity contribution >= 4 is 29.0 Å². The molecule has 0 N–H and O–H groups in total. The van der Waals surface area contributed by atoms with Crippen molar-refractivity contribution < 1.29 is 19.1 Å². The van der Waals surface area contributed by atoms with Gasteiger partial charge < -0.3 is 9.64 Å². The van der Waals surface area contributed by atoms with Crippen LogP contribution in [0, 0.1) is 36.5 Å². The molecule has 0 aromatic carbocycles. The molecule has 0 unspecified atom stereocenters. The lowest BCUT2D eigenvalue weighted by molar-refractivity contribution is -0.152. The minimum absolute atomic E-state index is 0.0244. The highest BCUT2D eigenvalue weighted by Crippen LogP contribution is 2.22. The third-order valence-corrected chi connectivity index (χ3v) is 4.56. The Balaban J connectivity index is 2.43. The Hall–Kier alpha value is -2.71. The van der Waals surface area contributed by atoms with Crippen LogP contribution in [-0.2, 0) is 14.3 Å². The molecular weight excluding hydrogens is 354 g/mol. The van der Waals surface area contributed by atoms with Crippen molar-refractivity contribution in [3.05, 3.63) is 21.4 Å². The Morgan fingerprint density at radius 1 is 1.12 bits per heavy atom. The van der Waals surface area contributed by atoms with Gasteiger partial charge in [-0.25, -0.2) is 0 Å². The predicted molar refractivity (Wildman–Crippen MR) is 95.4 cm³/mol. The lowest BCUT2D eigenvalue weighted by atomic mass is 10.1. The highest BCUT2D eigenvalue weighted by Gasteiger charge is 2.17. The van der Waals surface area contributed by atoms with Crippen LogP contribution in [0.5, 0.6) is 0 Å². The standard InChI is InChI=1S/C18H21N3O4S/c1-13-11-15(14(2)26-13)16(22)5-6-18(24)25-12-17(23)21(9-3-7-19)10-4-8-20/h11H,3-6,9-10,12H2,1-2H3. The van der Waals surface area contributed by atoms with Crippen molar-refractivity contribution in [1.29, 1.82) is 10.5 Å². The first-order valence-electron chi connectivity index (χ1n) is 8.16. The van der Waals surface area contributed by atoms with E-state index in [4.69, 9.17) is 15.3 Å². The van der Waals surface area contributed by atoms with Crippen LogP contribution >= 0.6 is 11.3 Å². The van der Waals surface area contributed by atoms with Crippen LogP contribution in [-0.4, -0.2) is 42.3 Å². The molecule has 0 aliphatic rings. The summed E-state index contributed by atoms with van der Waals surface area (Å²) in [5.74, 6) is -1.21. The van der Waals surface area contributed by atoms with E-state index >= 15 is 0 Å². The summed E-state index contributed by atoms with van der Waals surface area (Å²) in [5, 5.41) is 17.2. The van der Waals surface area contributed by atoms with E-state index in [1.54, 1.807) is 6.07 Å². The summed E-state index contributed by atoms with van der Waals surface area (Å²) in [4.78, 5) is 39.2. The monoisotopic (exact) mass is 375 g/mol. The summed E-state index contributed by atoms with van der Waals surface area (Å²) < 4.78 is 4.92. The van der Waals surface area contributed by atoms with Gasteiger partial charge in [-0.1, -0.05) is 0 Å². The topological polar surface area (TPSA) is 111 Å². The van der Waals surface area contributed by atoms with E-state index in [1.807, 2.05) is 26.0 Å². The van der Waals surface area contributed by atoms with Crippen LogP contribution < -0.4 is 0 Å². The highest BCUT2D eigenvalue weighted by atomic mass is 32.1. The number of nitrogens with zero attached hydrogens (tertiary/aromatic N) is 3. The zero-order valence-electron chi connectivity index (χ0n) is 14.9. The largest absolute Gasteiger partial charge is 0.456 e. The van der Waals surface area contributed by atoms with Gasteiger partial charge in [0.1, 0.15) is 0 Å². The Morgan fingerprint density at radius 2 is 1.73 bits per heavy atom. The number of carbonyl (C=O) groups excluding carboxylic acids is 3. The molecule has 0 spiro atoms. The highest BCUT2D eigenvalue weighted by molar-refractivity contribution is 7.12. The van der Waals surface area contributed by atoms with Crippen LogP contribution in [0.25, 0.3) is 0 Å². The number of aryl methyl sites for hydroxylation is 2. The summed E-state index contributed by atoms with van der Waals surface area (Å²) >= 11 is 1.53. The van der Waals surface area contributed by atoms with Gasteiger partial charge in [-0.15, -0.1) is 11.3 Å². The molecule has 1 amide bonds. The van der Waals surface area contributed by atoms with Crippen LogP contribution in [0.4, 0.5) is 0 Å². The van der Waals surface area contributed by atoms with Gasteiger partial charge in [-0.3, -0.25) is 14.4 Å². The molecule has 7 nitrogen and oxygen atoms in total. The summed E-state index contributed by atoms with van der Waals surface area (Å²) in [5.41, 5.74) is 0.621. The maximum atomic E-state index is 12.1. The van der Waals surface area contributed by atoms with Crippen molar-refractivity contribution in [2.75, 3.05) is 19.7 Å². The predicted octanol–water partition coefficient (Wildman–Crippen LogP) is 2.53. The van der Waals surface area contributed by atoms with E-state index in [9.17, 15) is 14.4 Å². The van der Waals surface area contributed by atoms with Gasteiger partial charge in [0.05, 0.1) is 31.4 Å². The Kier molecular flexibility index (Phi) is 9.04. The van der Waals surface area contributed by atoms with Gasteiger partial charge in [0.25, 0.3) is 5.91 Å². The van der Waals surface area contributed by atoms with Crippen molar-refractivity contribution in [3.63, 3.8) is 0 Å². The van der Waals surface area contributed by atoms with Gasteiger partial charge in [-0.2, -0.15) is 10.5 Å². The Morgan fingerprint density at radius 3 is 2.23 bits per heavy atom. The number of nitriles is 2. The van der Waals surface area contributed by atoms with Crippen LogP contribution in [0.2, 0.25) is 0 Å². The number of amides is 1. The molecule has 138 valence electrons. The van der Waals surface area contributed by atoms with Crippen molar-refractivity contribution in [2.24, 2.45) is 0 Å². The van der Waals surface area contributed by atoms with E-state index in [0.717, 1.165) is 9.75 Å². The second kappa shape index (κ2) is 11.0. The fourth-order valence-corrected chi connectivity index (χ4v) is 3.24. The summed E-state index contributed by atoms with van der Waals surface area (Å²) in [6.45, 7) is 3.69. The normalized spacial score (nSPS) is 9.85. The molecule has 0 saturated heterocycles. The van der Waals surface area contributed by atoms with E-state index in [2.05, 4.69) is 0 Å². The first kappa shape index (κ1) is 21.3. The summed E-state index contributed by atoms with van der Waals surface area (Å²) in [6.07, 6.45) is 0.200. The number of ether oxygens (including phenoxy) is 1. The van der Waals surface area contributed by atoms with Crippen LogP contribution in [0.3, 0.4) is 0 Å². The Labute approximate surface area is 156 Å². The minimum atomic E-state index is -0.628. The minimum Gasteiger partial charge on any atom is -0.456 e. The van der Waals surface area contributed by atoms with E-state index in [1.165, 1.54) is 16.2 Å². The van der Waals surface area contributed by atoms with Gasteiger partial charge >= 0.3 is 5.97 Å². The zero-order chi connectivity index (χ0) is 19.5. The molecule has 1 rings (SSSR count). The summed E-state index contributed by atoms with van der Waals surface area (Å²) in [6, 6.07) is 5.66. The fourth-order valence-electron chi connectivity index (χ4n) is 2.29. The molecule has 0 bridgehead atoms. The van der Waals surface area contributed by atoms with E-state index < -0.39 is 18.5 Å². The number of esters is 1. The third kappa shape index (κ3) is 7.04. The molecular formula is C18H21N3O4S. The average Bonchev–Trinajstić information content (AvgIpc) is 2.96. The van der Waals surface area contributed by atoms with E-state index in [0.29, 0.717) is 5.56 Å². The number of carbonyl (C=O) groups is 3. The summed E-state index contributed by atoms with van der Waals surface area (Å²) in [7, 11) is 0. The van der Waals surface area contributed by atoms with E-state index in [-0.39, 0.29) is 44.6 Å². The molecule has 0 radical (unpaired) electrons. The quantitative estimate of drug-likeness (QED) is 0.459. The first-order chi connectivity index (χ1) is 12.4. The smallest absolute Gasteiger partial charge is 0.306 e. The lowest BCUT2D eigenvalue weighted by Crippen LogP contribution is -2.36. The van der Waals surface area contributed by atoms with Crippen molar-refractivity contribution in [1.82, 2.24) is 4.90 Å². The number of Topliss-reactive ketones (excluding diaryl/α,β-unsaturated/α-hetero) is 1. The molecule has 26 heavy (non-hydrogen) atoms.